The van der Waals surface area contributed by atoms with E-state index in [-0.39, 0.29) is 0 Å². The van der Waals surface area contributed by atoms with Crippen molar-refractivity contribution >= 4 is 22.0 Å². The zero-order valence-corrected chi connectivity index (χ0v) is 10.5. The maximum Gasteiger partial charge on any atom is 0.0587 e. The average molecular weight is 270 g/mol. The van der Waals surface area contributed by atoms with Crippen molar-refractivity contribution in [3.63, 3.8) is 0 Å². The van der Waals surface area contributed by atoms with Crippen LogP contribution in [-0.4, -0.2) is 26.8 Å². The van der Waals surface area contributed by atoms with Crippen LogP contribution in [0.25, 0.3) is 6.08 Å². The average Bonchev–Trinajstić information content (AvgIpc) is 2.26. The van der Waals surface area contributed by atoms with E-state index in [9.17, 15) is 0 Å². The summed E-state index contributed by atoms with van der Waals surface area (Å²) in [6, 6.07) is 8.24. The normalized spacial score (nSPS) is 11.1. The Kier molecular flexibility index (Phi) is 6.32. The molecule has 0 fully saturated rings. The van der Waals surface area contributed by atoms with Crippen LogP contribution in [0, 0.1) is 0 Å². The van der Waals surface area contributed by atoms with Gasteiger partial charge >= 0.3 is 0 Å². The standard InChI is InChI=1S/C12H16BrNO/c1-15-10-9-14-8-2-3-11-4-6-12(13)7-5-11/h2-7,14H,8-10H2,1H3. The molecule has 0 aliphatic rings. The molecule has 82 valence electrons. The second-order valence-electron chi connectivity index (χ2n) is 3.15. The number of nitrogens with one attached hydrogen (secondary N) is 1. The Morgan fingerprint density at radius 2 is 2.07 bits per heavy atom. The molecule has 0 aromatic heterocycles. The van der Waals surface area contributed by atoms with E-state index in [0.29, 0.717) is 0 Å². The lowest BCUT2D eigenvalue weighted by atomic mass is 10.2. The smallest absolute Gasteiger partial charge is 0.0587 e. The van der Waals surface area contributed by atoms with Gasteiger partial charge in [0.25, 0.3) is 0 Å². The Morgan fingerprint density at radius 3 is 2.73 bits per heavy atom. The minimum Gasteiger partial charge on any atom is -0.383 e. The van der Waals surface area contributed by atoms with Crippen molar-refractivity contribution in [3.8, 4) is 0 Å². The number of halogens is 1. The highest BCUT2D eigenvalue weighted by molar-refractivity contribution is 9.10. The third kappa shape index (κ3) is 5.72. The predicted molar refractivity (Wildman–Crippen MR) is 67.9 cm³/mol. The molecular weight excluding hydrogens is 254 g/mol. The molecule has 0 atom stereocenters. The van der Waals surface area contributed by atoms with Crippen LogP contribution in [0.15, 0.2) is 34.8 Å². The minimum absolute atomic E-state index is 0.756. The molecule has 15 heavy (non-hydrogen) atoms. The highest BCUT2D eigenvalue weighted by Crippen LogP contribution is 2.11. The molecule has 0 radical (unpaired) electrons. The van der Waals surface area contributed by atoms with Gasteiger partial charge in [-0.25, -0.2) is 0 Å². The molecule has 2 nitrogen and oxygen atoms in total. The van der Waals surface area contributed by atoms with Crippen molar-refractivity contribution in [2.75, 3.05) is 26.8 Å². The van der Waals surface area contributed by atoms with E-state index in [0.717, 1.165) is 24.2 Å². The zero-order chi connectivity index (χ0) is 10.9. The fourth-order valence-corrected chi connectivity index (χ4v) is 1.39. The highest BCUT2D eigenvalue weighted by Gasteiger charge is 1.87. The molecule has 0 saturated carbocycles. The number of hydrogen-bond acceptors (Lipinski definition) is 2. The molecule has 0 saturated heterocycles. The third-order valence-corrected chi connectivity index (χ3v) is 2.45. The van der Waals surface area contributed by atoms with E-state index >= 15 is 0 Å². The second kappa shape index (κ2) is 7.63. The molecule has 1 N–H and O–H groups in total. The third-order valence-electron chi connectivity index (χ3n) is 1.93. The summed E-state index contributed by atoms with van der Waals surface area (Å²) in [6.07, 6.45) is 4.21. The van der Waals surface area contributed by atoms with E-state index in [1.54, 1.807) is 7.11 Å². The summed E-state index contributed by atoms with van der Waals surface area (Å²) in [5, 5.41) is 3.25. The zero-order valence-electron chi connectivity index (χ0n) is 8.87. The molecule has 1 rings (SSSR count). The van der Waals surface area contributed by atoms with Crippen molar-refractivity contribution in [1.29, 1.82) is 0 Å². The number of hydrogen-bond donors (Lipinski definition) is 1. The van der Waals surface area contributed by atoms with Gasteiger partial charge in [-0.15, -0.1) is 0 Å². The lowest BCUT2D eigenvalue weighted by molar-refractivity contribution is 0.200. The highest BCUT2D eigenvalue weighted by atomic mass is 79.9. The fourth-order valence-electron chi connectivity index (χ4n) is 1.13. The second-order valence-corrected chi connectivity index (χ2v) is 4.07. The first kappa shape index (κ1) is 12.4. The van der Waals surface area contributed by atoms with Crippen molar-refractivity contribution in [1.82, 2.24) is 5.32 Å². The van der Waals surface area contributed by atoms with Crippen LogP contribution in [0.3, 0.4) is 0 Å². The molecular formula is C12H16BrNO. The SMILES string of the molecule is COCCNCC=Cc1ccc(Br)cc1. The van der Waals surface area contributed by atoms with Gasteiger partial charge in [0.2, 0.25) is 0 Å². The lowest BCUT2D eigenvalue weighted by Crippen LogP contribution is -2.18. The monoisotopic (exact) mass is 269 g/mol. The van der Waals surface area contributed by atoms with Crippen LogP contribution in [0.1, 0.15) is 5.56 Å². The van der Waals surface area contributed by atoms with Crippen molar-refractivity contribution in [2.24, 2.45) is 0 Å². The topological polar surface area (TPSA) is 21.3 Å². The first-order valence-electron chi connectivity index (χ1n) is 4.94. The summed E-state index contributed by atoms with van der Waals surface area (Å²) in [5.41, 5.74) is 1.21. The van der Waals surface area contributed by atoms with Crippen LogP contribution in [0.5, 0.6) is 0 Å². The molecule has 1 aromatic rings. The first-order valence-corrected chi connectivity index (χ1v) is 5.74. The molecule has 0 aliphatic heterocycles. The Bertz CT molecular complexity index is 295. The summed E-state index contributed by atoms with van der Waals surface area (Å²) < 4.78 is 6.04. The largest absolute Gasteiger partial charge is 0.383 e. The molecule has 3 heteroatoms. The van der Waals surface area contributed by atoms with Crippen LogP contribution < -0.4 is 5.32 Å². The van der Waals surface area contributed by atoms with Crippen molar-refractivity contribution < 1.29 is 4.74 Å². The Labute approximate surface area is 99.5 Å². The van der Waals surface area contributed by atoms with Crippen LogP contribution >= 0.6 is 15.9 Å². The predicted octanol–water partition coefficient (Wildman–Crippen LogP) is 2.70. The summed E-state index contributed by atoms with van der Waals surface area (Å²) >= 11 is 3.41. The molecule has 1 aromatic carbocycles. The van der Waals surface area contributed by atoms with E-state index in [1.807, 2.05) is 12.1 Å². The van der Waals surface area contributed by atoms with Gasteiger partial charge in [0.1, 0.15) is 0 Å². The number of methoxy groups -OCH3 is 1. The maximum atomic E-state index is 4.93. The molecule has 0 aliphatic carbocycles. The molecule has 0 heterocycles. The maximum absolute atomic E-state index is 4.93. The van der Waals surface area contributed by atoms with Crippen molar-refractivity contribution in [3.05, 3.63) is 40.4 Å². The number of benzene rings is 1. The van der Waals surface area contributed by atoms with E-state index < -0.39 is 0 Å². The first-order chi connectivity index (χ1) is 7.33. The van der Waals surface area contributed by atoms with E-state index in [2.05, 4.69) is 45.5 Å². The molecule has 0 amide bonds. The summed E-state index contributed by atoms with van der Waals surface area (Å²) in [7, 11) is 1.71. The van der Waals surface area contributed by atoms with Crippen LogP contribution in [0.2, 0.25) is 0 Å². The lowest BCUT2D eigenvalue weighted by Gasteiger charge is -1.99. The quantitative estimate of drug-likeness (QED) is 0.802. The van der Waals surface area contributed by atoms with Crippen LogP contribution in [-0.2, 0) is 4.74 Å². The van der Waals surface area contributed by atoms with Gasteiger partial charge in [-0.1, -0.05) is 40.2 Å². The van der Waals surface area contributed by atoms with Gasteiger partial charge in [0.15, 0.2) is 0 Å². The Hall–Kier alpha value is -0.640. The fraction of sp³-hybridized carbons (Fsp3) is 0.333. The van der Waals surface area contributed by atoms with E-state index in [1.165, 1.54) is 5.56 Å². The summed E-state index contributed by atoms with van der Waals surface area (Å²) in [5.74, 6) is 0. The van der Waals surface area contributed by atoms with Gasteiger partial charge < -0.3 is 10.1 Å². The Balaban J connectivity index is 2.23. The number of ether oxygens (including phenoxy) is 1. The molecule has 0 spiro atoms. The van der Waals surface area contributed by atoms with Crippen LogP contribution in [0.4, 0.5) is 0 Å². The van der Waals surface area contributed by atoms with Gasteiger partial charge in [-0.3, -0.25) is 0 Å². The van der Waals surface area contributed by atoms with Crippen molar-refractivity contribution in [2.45, 2.75) is 0 Å². The van der Waals surface area contributed by atoms with Gasteiger partial charge in [-0.2, -0.15) is 0 Å². The van der Waals surface area contributed by atoms with Gasteiger partial charge in [0, 0.05) is 24.7 Å². The Morgan fingerprint density at radius 1 is 1.33 bits per heavy atom. The van der Waals surface area contributed by atoms with E-state index in [4.69, 9.17) is 4.74 Å². The molecule has 0 bridgehead atoms. The summed E-state index contributed by atoms with van der Waals surface area (Å²) in [6.45, 7) is 2.52. The number of rotatable bonds is 6. The summed E-state index contributed by atoms with van der Waals surface area (Å²) in [4.78, 5) is 0. The minimum atomic E-state index is 0.756. The van der Waals surface area contributed by atoms with Gasteiger partial charge in [0.05, 0.1) is 6.61 Å². The molecule has 0 unspecified atom stereocenters. The van der Waals surface area contributed by atoms with Gasteiger partial charge in [-0.05, 0) is 17.7 Å².